The van der Waals surface area contributed by atoms with E-state index in [1.165, 1.54) is 0 Å². The predicted molar refractivity (Wildman–Crippen MR) is 118 cm³/mol. The minimum atomic E-state index is -0.492. The molecule has 1 saturated heterocycles. The van der Waals surface area contributed by atoms with Crippen LogP contribution in [-0.4, -0.2) is 53.3 Å². The van der Waals surface area contributed by atoms with Gasteiger partial charge in [0.1, 0.15) is 6.10 Å². The number of nitrogens with zero attached hydrogens (tertiary/aromatic N) is 1. The highest BCUT2D eigenvalue weighted by molar-refractivity contribution is 6.35. The lowest BCUT2D eigenvalue weighted by Crippen LogP contribution is -2.51. The Bertz CT molecular complexity index is 877. The Morgan fingerprint density at radius 3 is 2.61 bits per heavy atom. The standard InChI is InChI=1S/C22H25Cl2N3O4/c23-15-9-14(10-16(24)11-15)22(30)26-8-6-18-4-5-19(20(13-28)31-18)27-21(29)12-17-3-1-2-7-25-17/h1-3,7,9-11,18-20,28H,4-6,8,12-13H2,(H,26,30)(H,27,29)/t18-,19+,20-/m0/s1. The lowest BCUT2D eigenvalue weighted by atomic mass is 9.97. The summed E-state index contributed by atoms with van der Waals surface area (Å²) < 4.78 is 5.95. The van der Waals surface area contributed by atoms with E-state index in [1.807, 2.05) is 6.07 Å². The molecule has 1 fully saturated rings. The summed E-state index contributed by atoms with van der Waals surface area (Å²) in [5.41, 5.74) is 1.08. The van der Waals surface area contributed by atoms with Gasteiger partial charge in [-0.25, -0.2) is 0 Å². The molecule has 1 aromatic heterocycles. The molecule has 31 heavy (non-hydrogen) atoms. The number of hydrogen-bond donors (Lipinski definition) is 3. The van der Waals surface area contributed by atoms with Gasteiger partial charge in [0, 0.05) is 34.0 Å². The molecule has 1 aliphatic rings. The van der Waals surface area contributed by atoms with Crippen molar-refractivity contribution < 1.29 is 19.4 Å². The summed E-state index contributed by atoms with van der Waals surface area (Å²) in [6.45, 7) is 0.209. The van der Waals surface area contributed by atoms with Gasteiger partial charge in [-0.05, 0) is 49.6 Å². The van der Waals surface area contributed by atoms with Crippen molar-refractivity contribution in [2.24, 2.45) is 0 Å². The summed E-state index contributed by atoms with van der Waals surface area (Å²) in [6.07, 6.45) is 3.20. The Balaban J connectivity index is 1.43. The quantitative estimate of drug-likeness (QED) is 0.556. The molecule has 2 heterocycles. The normalized spacial score (nSPS) is 20.8. The number of carbonyl (C=O) groups excluding carboxylic acids is 2. The van der Waals surface area contributed by atoms with Crippen molar-refractivity contribution in [2.75, 3.05) is 13.2 Å². The van der Waals surface area contributed by atoms with E-state index in [0.29, 0.717) is 47.1 Å². The Morgan fingerprint density at radius 2 is 1.94 bits per heavy atom. The fraction of sp³-hybridized carbons (Fsp3) is 0.409. The van der Waals surface area contributed by atoms with Crippen LogP contribution in [0.1, 0.15) is 35.3 Å². The summed E-state index contributed by atoms with van der Waals surface area (Å²) in [5.74, 6) is -0.421. The molecule has 1 aliphatic heterocycles. The number of aromatic nitrogens is 1. The zero-order valence-corrected chi connectivity index (χ0v) is 18.4. The first-order valence-corrected chi connectivity index (χ1v) is 10.9. The van der Waals surface area contributed by atoms with E-state index in [2.05, 4.69) is 15.6 Å². The molecule has 166 valence electrons. The zero-order chi connectivity index (χ0) is 22.2. The highest BCUT2D eigenvalue weighted by Crippen LogP contribution is 2.22. The van der Waals surface area contributed by atoms with E-state index in [1.54, 1.807) is 36.5 Å². The maximum absolute atomic E-state index is 12.3. The van der Waals surface area contributed by atoms with E-state index < -0.39 is 6.10 Å². The predicted octanol–water partition coefficient (Wildman–Crippen LogP) is 2.78. The van der Waals surface area contributed by atoms with Gasteiger partial charge in [0.05, 0.1) is 25.2 Å². The second-order valence-electron chi connectivity index (χ2n) is 7.43. The lowest BCUT2D eigenvalue weighted by Gasteiger charge is -2.36. The number of carbonyl (C=O) groups is 2. The van der Waals surface area contributed by atoms with Crippen molar-refractivity contribution in [3.05, 3.63) is 63.9 Å². The smallest absolute Gasteiger partial charge is 0.251 e. The molecule has 1 aromatic carbocycles. The van der Waals surface area contributed by atoms with Gasteiger partial charge in [0.25, 0.3) is 5.91 Å². The van der Waals surface area contributed by atoms with Crippen molar-refractivity contribution in [2.45, 2.75) is 43.9 Å². The molecule has 3 atom stereocenters. The van der Waals surface area contributed by atoms with Crippen LogP contribution in [0.4, 0.5) is 0 Å². The monoisotopic (exact) mass is 465 g/mol. The SMILES string of the molecule is O=C(Cc1ccccn1)N[C@@H]1CC[C@@H](CCNC(=O)c2cc(Cl)cc(Cl)c2)O[C@H]1CO. The van der Waals surface area contributed by atoms with Gasteiger partial charge >= 0.3 is 0 Å². The first-order chi connectivity index (χ1) is 14.9. The number of benzene rings is 1. The van der Waals surface area contributed by atoms with E-state index in [-0.39, 0.29) is 37.0 Å². The van der Waals surface area contributed by atoms with Crippen LogP contribution in [0, 0.1) is 0 Å². The van der Waals surface area contributed by atoms with E-state index in [4.69, 9.17) is 27.9 Å². The van der Waals surface area contributed by atoms with Gasteiger partial charge in [-0.1, -0.05) is 29.3 Å². The number of nitrogens with one attached hydrogen (secondary N) is 2. The summed E-state index contributed by atoms with van der Waals surface area (Å²) in [4.78, 5) is 28.7. The molecular weight excluding hydrogens is 441 g/mol. The highest BCUT2D eigenvalue weighted by Gasteiger charge is 2.31. The van der Waals surface area contributed by atoms with Crippen LogP contribution in [0.3, 0.4) is 0 Å². The number of aliphatic hydroxyl groups is 1. The molecule has 2 aromatic rings. The minimum Gasteiger partial charge on any atom is -0.394 e. The van der Waals surface area contributed by atoms with E-state index >= 15 is 0 Å². The summed E-state index contributed by atoms with van der Waals surface area (Å²) in [5, 5.41) is 16.3. The van der Waals surface area contributed by atoms with E-state index in [9.17, 15) is 14.7 Å². The number of halogens is 2. The van der Waals surface area contributed by atoms with Gasteiger partial charge in [0.15, 0.2) is 0 Å². The van der Waals surface area contributed by atoms with Crippen molar-refractivity contribution in [1.29, 1.82) is 0 Å². The molecule has 0 bridgehead atoms. The first kappa shape index (κ1) is 23.5. The van der Waals surface area contributed by atoms with Crippen molar-refractivity contribution >= 4 is 35.0 Å². The van der Waals surface area contributed by atoms with Gasteiger partial charge in [-0.2, -0.15) is 0 Å². The van der Waals surface area contributed by atoms with Crippen LogP contribution in [0.15, 0.2) is 42.6 Å². The fourth-order valence-corrected chi connectivity index (χ4v) is 4.09. The third-order valence-electron chi connectivity index (χ3n) is 5.09. The van der Waals surface area contributed by atoms with Gasteiger partial charge in [-0.3, -0.25) is 14.6 Å². The topological polar surface area (TPSA) is 101 Å². The number of aliphatic hydroxyl groups excluding tert-OH is 1. The van der Waals surface area contributed by atoms with Gasteiger partial charge < -0.3 is 20.5 Å². The summed E-state index contributed by atoms with van der Waals surface area (Å²) in [6, 6.07) is 9.84. The average molecular weight is 466 g/mol. The van der Waals surface area contributed by atoms with Crippen LogP contribution in [-0.2, 0) is 16.0 Å². The molecule has 7 nitrogen and oxygen atoms in total. The van der Waals surface area contributed by atoms with Crippen LogP contribution >= 0.6 is 23.2 Å². The molecule has 0 unspecified atom stereocenters. The maximum atomic E-state index is 12.3. The third kappa shape index (κ3) is 7.18. The number of pyridine rings is 1. The molecule has 0 aliphatic carbocycles. The zero-order valence-electron chi connectivity index (χ0n) is 16.9. The van der Waals surface area contributed by atoms with Crippen molar-refractivity contribution in [1.82, 2.24) is 15.6 Å². The highest BCUT2D eigenvalue weighted by atomic mass is 35.5. The Hall–Kier alpha value is -2.19. The van der Waals surface area contributed by atoms with Crippen LogP contribution in [0.5, 0.6) is 0 Å². The number of hydrogen-bond acceptors (Lipinski definition) is 5. The number of amides is 2. The maximum Gasteiger partial charge on any atom is 0.251 e. The summed E-state index contributed by atoms with van der Waals surface area (Å²) in [7, 11) is 0. The van der Waals surface area contributed by atoms with Crippen LogP contribution in [0.25, 0.3) is 0 Å². The molecule has 0 saturated carbocycles. The third-order valence-corrected chi connectivity index (χ3v) is 5.52. The van der Waals surface area contributed by atoms with Crippen molar-refractivity contribution in [3.63, 3.8) is 0 Å². The summed E-state index contributed by atoms with van der Waals surface area (Å²) >= 11 is 11.9. The number of ether oxygens (including phenoxy) is 1. The molecule has 9 heteroatoms. The second kappa shape index (κ2) is 11.4. The minimum absolute atomic E-state index is 0.121. The van der Waals surface area contributed by atoms with Crippen LogP contribution < -0.4 is 10.6 Å². The number of rotatable bonds is 8. The molecule has 0 radical (unpaired) electrons. The fourth-order valence-electron chi connectivity index (χ4n) is 3.57. The largest absolute Gasteiger partial charge is 0.394 e. The van der Waals surface area contributed by atoms with Crippen molar-refractivity contribution in [3.8, 4) is 0 Å². The average Bonchev–Trinajstić information content (AvgIpc) is 2.74. The van der Waals surface area contributed by atoms with Gasteiger partial charge in [-0.15, -0.1) is 0 Å². The Labute approximate surface area is 191 Å². The second-order valence-corrected chi connectivity index (χ2v) is 8.30. The first-order valence-electron chi connectivity index (χ1n) is 10.1. The van der Waals surface area contributed by atoms with Gasteiger partial charge in [0.2, 0.25) is 5.91 Å². The van der Waals surface area contributed by atoms with E-state index in [0.717, 1.165) is 0 Å². The van der Waals surface area contributed by atoms with Crippen LogP contribution in [0.2, 0.25) is 10.0 Å². The Morgan fingerprint density at radius 1 is 1.16 bits per heavy atom. The molecule has 3 N–H and O–H groups in total. The lowest BCUT2D eigenvalue weighted by molar-refractivity contribution is -0.127. The molecule has 3 rings (SSSR count). The molecular formula is C22H25Cl2N3O4. The molecule has 2 amide bonds. The Kier molecular flexibility index (Phi) is 8.66. The molecule has 0 spiro atoms.